The Labute approximate surface area is 66.7 Å². The number of phenolic OH excluding ortho intramolecular Hbond substituents is 2. The molecule has 2 nitrogen and oxygen atoms in total. The lowest BCUT2D eigenvalue weighted by molar-refractivity contribution is 0.450. The molecule has 4 heteroatoms. The highest BCUT2D eigenvalue weighted by molar-refractivity contribution is 5.40. The molecule has 0 aromatic heterocycles. The van der Waals surface area contributed by atoms with Gasteiger partial charge < -0.3 is 10.2 Å². The average Bonchev–Trinajstić information content (AvgIpc) is 2.08. The minimum Gasteiger partial charge on any atom is -0.507 e. The van der Waals surface area contributed by atoms with Crippen LogP contribution in [0.5, 0.6) is 11.5 Å². The van der Waals surface area contributed by atoms with Gasteiger partial charge >= 0.3 is 0 Å². The number of hydrogen-bond acceptors (Lipinski definition) is 2. The molecule has 64 valence electrons. The van der Waals surface area contributed by atoms with Crippen LogP contribution in [-0.2, 0) is 0 Å². The van der Waals surface area contributed by atoms with Crippen LogP contribution in [0.2, 0.25) is 0 Å². The van der Waals surface area contributed by atoms with E-state index in [4.69, 9.17) is 10.2 Å². The molecule has 0 aliphatic heterocycles. The Kier molecular flexibility index (Phi) is 2.28. The Hall–Kier alpha value is -1.58. The van der Waals surface area contributed by atoms with Crippen molar-refractivity contribution in [1.29, 1.82) is 0 Å². The van der Waals surface area contributed by atoms with Crippen LogP contribution >= 0.6 is 0 Å². The second kappa shape index (κ2) is 3.21. The predicted octanol–water partition coefficient (Wildman–Crippen LogP) is 0.513. The van der Waals surface area contributed by atoms with Gasteiger partial charge in [0.15, 0.2) is 0 Å². The first kappa shape index (κ1) is 8.52. The van der Waals surface area contributed by atoms with Crippen molar-refractivity contribution in [3.05, 3.63) is 22.6 Å². The maximum absolute atomic E-state index is 12.0. The molecule has 0 unspecified atom stereocenters. The first-order valence-electron chi connectivity index (χ1n) is 3.12. The molecule has 0 spiro atoms. The van der Waals surface area contributed by atoms with Crippen molar-refractivity contribution in [2.75, 3.05) is 0 Å². The van der Waals surface area contributed by atoms with Crippen LogP contribution in [0.4, 0.5) is 8.78 Å². The van der Waals surface area contributed by atoms with Gasteiger partial charge in [0.05, 0.1) is 23.1 Å². The van der Waals surface area contributed by atoms with Gasteiger partial charge in [0, 0.05) is 0 Å². The van der Waals surface area contributed by atoms with Crippen molar-refractivity contribution < 1.29 is 19.0 Å². The third kappa shape index (κ3) is 1.23. The standard InChI is InChI=1S/C8H6F2O2/c9-3-5-6(4-10)8(12)2-1-7(5)11/h1-4,11-12H. The van der Waals surface area contributed by atoms with Crippen molar-refractivity contribution in [3.63, 3.8) is 0 Å². The summed E-state index contributed by atoms with van der Waals surface area (Å²) in [7, 11) is 0. The molecular weight excluding hydrogens is 166 g/mol. The van der Waals surface area contributed by atoms with E-state index >= 15 is 0 Å². The van der Waals surface area contributed by atoms with Crippen molar-refractivity contribution in [2.24, 2.45) is 0 Å². The summed E-state index contributed by atoms with van der Waals surface area (Å²) in [5, 5.41) is 17.2. The van der Waals surface area contributed by atoms with Gasteiger partial charge in [0.25, 0.3) is 0 Å². The molecule has 12 heavy (non-hydrogen) atoms. The van der Waals surface area contributed by atoms with Crippen molar-refractivity contribution in [1.82, 2.24) is 0 Å². The zero-order valence-corrected chi connectivity index (χ0v) is 5.96. The smallest absolute Gasteiger partial charge is 0.126 e. The highest BCUT2D eigenvalue weighted by Gasteiger charge is 1.99. The lowest BCUT2D eigenvalue weighted by Crippen LogP contribution is -2.23. The van der Waals surface area contributed by atoms with E-state index in [1.165, 1.54) is 0 Å². The zero-order chi connectivity index (χ0) is 9.14. The summed E-state index contributed by atoms with van der Waals surface area (Å²) in [6.45, 7) is 0. The van der Waals surface area contributed by atoms with E-state index in [0.717, 1.165) is 12.1 Å². The van der Waals surface area contributed by atoms with Crippen LogP contribution in [0.15, 0.2) is 12.1 Å². The molecule has 0 bridgehead atoms. The number of aromatic hydroxyl groups is 2. The van der Waals surface area contributed by atoms with Crippen molar-refractivity contribution in [3.8, 4) is 11.5 Å². The van der Waals surface area contributed by atoms with E-state index in [9.17, 15) is 8.78 Å². The molecule has 1 aromatic carbocycles. The Bertz CT molecular complexity index is 359. The summed E-state index contributed by atoms with van der Waals surface area (Å²) in [6, 6.07) is 2.15. The summed E-state index contributed by atoms with van der Waals surface area (Å²) in [4.78, 5) is 0. The zero-order valence-electron chi connectivity index (χ0n) is 5.96. The van der Waals surface area contributed by atoms with E-state index in [1.54, 1.807) is 0 Å². The predicted molar refractivity (Wildman–Crippen MR) is 40.2 cm³/mol. The van der Waals surface area contributed by atoms with Gasteiger partial charge in [-0.05, 0) is 12.1 Å². The van der Waals surface area contributed by atoms with Crippen LogP contribution in [0.1, 0.15) is 0 Å². The van der Waals surface area contributed by atoms with E-state index < -0.39 is 11.5 Å². The first-order valence-corrected chi connectivity index (χ1v) is 3.12. The highest BCUT2D eigenvalue weighted by atomic mass is 19.1. The Morgan fingerprint density at radius 3 is 1.50 bits per heavy atom. The molecule has 0 radical (unpaired) electrons. The molecule has 1 aromatic rings. The van der Waals surface area contributed by atoms with Gasteiger partial charge in [-0.3, -0.25) is 0 Å². The monoisotopic (exact) mass is 172 g/mol. The molecule has 0 amide bonds. The molecule has 0 atom stereocenters. The Morgan fingerprint density at radius 2 is 1.25 bits per heavy atom. The minimum absolute atomic E-state index is 0.0282. The SMILES string of the molecule is Oc1ccc(O)c(=CF)c1=CF. The van der Waals surface area contributed by atoms with Gasteiger partial charge in [0.2, 0.25) is 0 Å². The highest BCUT2D eigenvalue weighted by Crippen LogP contribution is 2.03. The molecule has 0 heterocycles. The Balaban J connectivity index is 3.76. The quantitative estimate of drug-likeness (QED) is 0.560. The molecule has 1 rings (SSSR count). The van der Waals surface area contributed by atoms with Gasteiger partial charge in [-0.2, -0.15) is 0 Å². The topological polar surface area (TPSA) is 40.5 Å². The minimum atomic E-state index is -0.417. The molecule has 0 saturated carbocycles. The molecule has 0 aliphatic carbocycles. The number of rotatable bonds is 0. The second-order valence-corrected chi connectivity index (χ2v) is 2.15. The fourth-order valence-electron chi connectivity index (χ4n) is 0.843. The largest absolute Gasteiger partial charge is 0.507 e. The van der Waals surface area contributed by atoms with E-state index in [2.05, 4.69) is 0 Å². The van der Waals surface area contributed by atoms with Crippen LogP contribution in [0, 0.1) is 0 Å². The van der Waals surface area contributed by atoms with Crippen LogP contribution < -0.4 is 10.4 Å². The van der Waals surface area contributed by atoms with Gasteiger partial charge in [-0.1, -0.05) is 0 Å². The van der Waals surface area contributed by atoms with E-state index in [0.29, 0.717) is 0 Å². The molecule has 0 saturated heterocycles. The van der Waals surface area contributed by atoms with Gasteiger partial charge in [-0.25, -0.2) is 8.78 Å². The summed E-state index contributed by atoms with van der Waals surface area (Å²) in [5.74, 6) is -0.835. The lowest BCUT2D eigenvalue weighted by Gasteiger charge is -1.95. The second-order valence-electron chi connectivity index (χ2n) is 2.15. The summed E-state index contributed by atoms with van der Waals surface area (Å²) in [6.07, 6.45) is 0.0565. The number of halogens is 2. The maximum Gasteiger partial charge on any atom is 0.126 e. The fourth-order valence-corrected chi connectivity index (χ4v) is 0.843. The molecule has 0 fully saturated rings. The van der Waals surface area contributed by atoms with Gasteiger partial charge in [-0.15, -0.1) is 0 Å². The fraction of sp³-hybridized carbons (Fsp3) is 0. The molecular formula is C8H6F2O2. The average molecular weight is 172 g/mol. The maximum atomic E-state index is 12.0. The summed E-state index contributed by atoms with van der Waals surface area (Å²) < 4.78 is 24.1. The normalized spacial score (nSPS) is 13.8. The van der Waals surface area contributed by atoms with Crippen LogP contribution in [0.3, 0.4) is 0 Å². The third-order valence-corrected chi connectivity index (χ3v) is 1.46. The van der Waals surface area contributed by atoms with Gasteiger partial charge in [0.1, 0.15) is 11.5 Å². The van der Waals surface area contributed by atoms with E-state index in [-0.39, 0.29) is 23.1 Å². The van der Waals surface area contributed by atoms with E-state index in [1.807, 2.05) is 0 Å². The summed E-state index contributed by atoms with van der Waals surface area (Å²) >= 11 is 0. The summed E-state index contributed by atoms with van der Waals surface area (Å²) in [5.41, 5.74) is 0. The number of phenols is 2. The number of hydrogen-bond donors (Lipinski definition) is 2. The Morgan fingerprint density at radius 1 is 0.917 bits per heavy atom. The van der Waals surface area contributed by atoms with Crippen molar-refractivity contribution >= 4 is 12.7 Å². The lowest BCUT2D eigenvalue weighted by atomic mass is 10.2. The molecule has 2 N–H and O–H groups in total. The third-order valence-electron chi connectivity index (χ3n) is 1.46. The van der Waals surface area contributed by atoms with Crippen molar-refractivity contribution in [2.45, 2.75) is 0 Å². The van der Waals surface area contributed by atoms with Crippen LogP contribution in [0.25, 0.3) is 12.7 Å². The number of benzene rings is 1. The first-order chi connectivity index (χ1) is 5.70. The van der Waals surface area contributed by atoms with Crippen LogP contribution in [-0.4, -0.2) is 10.2 Å². The molecule has 0 aliphatic rings.